The highest BCUT2D eigenvalue weighted by Gasteiger charge is 2.14. The van der Waals surface area contributed by atoms with Crippen LogP contribution in [0.1, 0.15) is 0 Å². The second-order valence-electron chi connectivity index (χ2n) is 4.41. The largest absolute Gasteiger partial charge is 0.409 e. The predicted molar refractivity (Wildman–Crippen MR) is 73.2 cm³/mol. The van der Waals surface area contributed by atoms with E-state index in [0.717, 1.165) is 31.9 Å². The summed E-state index contributed by atoms with van der Waals surface area (Å²) in [5.74, 6) is 0.568. The van der Waals surface area contributed by atoms with Gasteiger partial charge in [0, 0.05) is 18.7 Å². The van der Waals surface area contributed by atoms with Gasteiger partial charge in [-0.25, -0.2) is 4.68 Å². The van der Waals surface area contributed by atoms with Crippen LogP contribution in [0.3, 0.4) is 0 Å². The van der Waals surface area contributed by atoms with E-state index in [0.29, 0.717) is 17.4 Å². The van der Waals surface area contributed by atoms with E-state index in [-0.39, 0.29) is 0 Å². The molecule has 0 N–H and O–H groups in total. The standard InChI is InChI=1S/C13H15N3O2S/c19-13-16(10-15-6-8-17-9-7-15)14-12(18-13)11-4-2-1-3-5-11/h1-5H,6-10H2. The van der Waals surface area contributed by atoms with E-state index in [4.69, 9.17) is 21.4 Å². The van der Waals surface area contributed by atoms with Crippen molar-refractivity contribution in [2.45, 2.75) is 6.67 Å². The fourth-order valence-corrected chi connectivity index (χ4v) is 2.20. The molecule has 1 saturated heterocycles. The molecule has 0 aliphatic carbocycles. The van der Waals surface area contributed by atoms with Crippen molar-refractivity contribution in [3.05, 3.63) is 35.2 Å². The smallest absolute Gasteiger partial charge is 0.288 e. The van der Waals surface area contributed by atoms with Crippen LogP contribution in [0.15, 0.2) is 34.7 Å². The van der Waals surface area contributed by atoms with Gasteiger partial charge in [-0.15, -0.1) is 5.10 Å². The summed E-state index contributed by atoms with van der Waals surface area (Å²) in [5, 5.41) is 4.44. The van der Waals surface area contributed by atoms with Crippen LogP contribution >= 0.6 is 12.2 Å². The average Bonchev–Trinajstić information content (AvgIpc) is 2.82. The van der Waals surface area contributed by atoms with Gasteiger partial charge in [-0.2, -0.15) is 0 Å². The second-order valence-corrected chi connectivity index (χ2v) is 4.76. The highest BCUT2D eigenvalue weighted by atomic mass is 32.1. The molecule has 19 heavy (non-hydrogen) atoms. The summed E-state index contributed by atoms with van der Waals surface area (Å²) in [7, 11) is 0. The van der Waals surface area contributed by atoms with Gasteiger partial charge < -0.3 is 9.15 Å². The normalized spacial score (nSPS) is 16.6. The van der Waals surface area contributed by atoms with Crippen molar-refractivity contribution < 1.29 is 9.15 Å². The number of rotatable bonds is 3. The van der Waals surface area contributed by atoms with Crippen molar-refractivity contribution in [1.82, 2.24) is 14.7 Å². The Bertz CT molecular complexity index is 587. The zero-order chi connectivity index (χ0) is 13.1. The lowest BCUT2D eigenvalue weighted by Crippen LogP contribution is -2.37. The Morgan fingerprint density at radius 1 is 1.16 bits per heavy atom. The first-order chi connectivity index (χ1) is 9.33. The van der Waals surface area contributed by atoms with Crippen molar-refractivity contribution in [3.8, 4) is 11.5 Å². The molecule has 1 aromatic carbocycles. The van der Waals surface area contributed by atoms with Crippen LogP contribution in [-0.2, 0) is 11.4 Å². The van der Waals surface area contributed by atoms with Crippen molar-refractivity contribution in [2.24, 2.45) is 0 Å². The minimum Gasteiger partial charge on any atom is -0.409 e. The third kappa shape index (κ3) is 2.91. The SMILES string of the molecule is S=c1oc(-c2ccccc2)nn1CN1CCOCC1. The first kappa shape index (κ1) is 12.5. The van der Waals surface area contributed by atoms with Crippen molar-refractivity contribution in [2.75, 3.05) is 26.3 Å². The minimum absolute atomic E-state index is 0.408. The van der Waals surface area contributed by atoms with E-state index in [1.165, 1.54) is 0 Å². The summed E-state index contributed by atoms with van der Waals surface area (Å²) in [6, 6.07) is 9.78. The van der Waals surface area contributed by atoms with Crippen LogP contribution in [-0.4, -0.2) is 41.0 Å². The van der Waals surface area contributed by atoms with Gasteiger partial charge in [0.2, 0.25) is 5.89 Å². The van der Waals surface area contributed by atoms with Crippen molar-refractivity contribution in [1.29, 1.82) is 0 Å². The fourth-order valence-electron chi connectivity index (χ4n) is 2.03. The van der Waals surface area contributed by atoms with Crippen molar-refractivity contribution in [3.63, 3.8) is 0 Å². The third-order valence-electron chi connectivity index (χ3n) is 3.06. The topological polar surface area (TPSA) is 43.4 Å². The van der Waals surface area contributed by atoms with Gasteiger partial charge in [0.25, 0.3) is 4.84 Å². The van der Waals surface area contributed by atoms with Crippen LogP contribution in [0.25, 0.3) is 11.5 Å². The molecule has 100 valence electrons. The van der Waals surface area contributed by atoms with Gasteiger partial charge in [-0.1, -0.05) is 18.2 Å². The minimum atomic E-state index is 0.408. The zero-order valence-corrected chi connectivity index (χ0v) is 11.3. The monoisotopic (exact) mass is 277 g/mol. The van der Waals surface area contributed by atoms with Gasteiger partial charge in [0.1, 0.15) is 0 Å². The summed E-state index contributed by atoms with van der Waals surface area (Å²) in [4.78, 5) is 2.65. The number of aromatic nitrogens is 2. The highest BCUT2D eigenvalue weighted by Crippen LogP contribution is 2.17. The maximum Gasteiger partial charge on any atom is 0.288 e. The molecule has 1 aliphatic rings. The molecule has 0 unspecified atom stereocenters. The predicted octanol–water partition coefficient (Wildman–Crippen LogP) is 2.16. The molecule has 0 spiro atoms. The van der Waals surface area contributed by atoms with Crippen LogP contribution in [0.2, 0.25) is 0 Å². The molecular weight excluding hydrogens is 262 g/mol. The summed E-state index contributed by atoms with van der Waals surface area (Å²) >= 11 is 5.22. The molecule has 3 rings (SSSR count). The maximum absolute atomic E-state index is 5.55. The Morgan fingerprint density at radius 3 is 2.63 bits per heavy atom. The summed E-state index contributed by atoms with van der Waals surface area (Å²) < 4.78 is 12.6. The Morgan fingerprint density at radius 2 is 1.89 bits per heavy atom. The number of hydrogen-bond acceptors (Lipinski definition) is 5. The summed E-state index contributed by atoms with van der Waals surface area (Å²) in [6.07, 6.45) is 0. The molecular formula is C13H15N3O2S. The molecule has 0 bridgehead atoms. The first-order valence-corrected chi connectivity index (χ1v) is 6.67. The molecule has 2 aromatic rings. The molecule has 0 saturated carbocycles. The Labute approximate surface area is 116 Å². The molecule has 0 radical (unpaired) electrons. The van der Waals surface area contributed by atoms with Gasteiger partial charge in [0.05, 0.1) is 19.9 Å². The molecule has 6 heteroatoms. The highest BCUT2D eigenvalue weighted by molar-refractivity contribution is 7.71. The molecule has 0 atom stereocenters. The van der Waals surface area contributed by atoms with E-state index in [9.17, 15) is 0 Å². The van der Waals surface area contributed by atoms with E-state index < -0.39 is 0 Å². The number of nitrogens with zero attached hydrogens (tertiary/aromatic N) is 3. The Balaban J connectivity index is 1.79. The van der Waals surface area contributed by atoms with Crippen LogP contribution in [0.5, 0.6) is 0 Å². The number of hydrogen-bond donors (Lipinski definition) is 0. The van der Waals surface area contributed by atoms with Crippen molar-refractivity contribution >= 4 is 12.2 Å². The third-order valence-corrected chi connectivity index (χ3v) is 3.36. The Hall–Kier alpha value is -1.50. The maximum atomic E-state index is 5.55. The fraction of sp³-hybridized carbons (Fsp3) is 0.385. The molecule has 5 nitrogen and oxygen atoms in total. The van der Waals surface area contributed by atoms with E-state index in [1.54, 1.807) is 4.68 Å². The van der Waals surface area contributed by atoms with E-state index in [2.05, 4.69) is 10.00 Å². The number of benzene rings is 1. The molecule has 1 aromatic heterocycles. The Kier molecular flexibility index (Phi) is 3.72. The molecule has 2 heterocycles. The average molecular weight is 277 g/mol. The lowest BCUT2D eigenvalue weighted by Gasteiger charge is -2.25. The zero-order valence-electron chi connectivity index (χ0n) is 10.5. The molecule has 1 fully saturated rings. The van der Waals surface area contributed by atoms with Crippen LogP contribution in [0.4, 0.5) is 0 Å². The van der Waals surface area contributed by atoms with Gasteiger partial charge in [-0.3, -0.25) is 4.90 Å². The van der Waals surface area contributed by atoms with Gasteiger partial charge >= 0.3 is 0 Å². The molecule has 0 amide bonds. The summed E-state index contributed by atoms with van der Waals surface area (Å²) in [5.41, 5.74) is 0.939. The second kappa shape index (κ2) is 5.64. The summed E-state index contributed by atoms with van der Waals surface area (Å²) in [6.45, 7) is 3.97. The number of morpholine rings is 1. The quantitative estimate of drug-likeness (QED) is 0.804. The van der Waals surface area contributed by atoms with Crippen LogP contribution < -0.4 is 0 Å². The van der Waals surface area contributed by atoms with Gasteiger partial charge in [0.15, 0.2) is 0 Å². The van der Waals surface area contributed by atoms with E-state index in [1.807, 2.05) is 30.3 Å². The van der Waals surface area contributed by atoms with Crippen LogP contribution in [0, 0.1) is 4.84 Å². The van der Waals surface area contributed by atoms with Gasteiger partial charge in [-0.05, 0) is 24.4 Å². The lowest BCUT2D eigenvalue weighted by atomic mass is 10.2. The lowest BCUT2D eigenvalue weighted by molar-refractivity contribution is 0.0206. The number of ether oxygens (including phenoxy) is 1. The first-order valence-electron chi connectivity index (χ1n) is 6.26. The van der Waals surface area contributed by atoms with E-state index >= 15 is 0 Å². The molecule has 1 aliphatic heterocycles.